The average molecular weight is 397 g/mol. The summed E-state index contributed by atoms with van der Waals surface area (Å²) in [5, 5.41) is 3.02. The fourth-order valence-corrected chi connectivity index (χ4v) is 3.64. The van der Waals surface area contributed by atoms with Gasteiger partial charge in [-0.15, -0.1) is 0 Å². The van der Waals surface area contributed by atoms with Crippen LogP contribution in [0.2, 0.25) is 0 Å². The molecule has 0 atom stereocenters. The molecule has 0 radical (unpaired) electrons. The van der Waals surface area contributed by atoms with Crippen molar-refractivity contribution < 1.29 is 14.0 Å². The summed E-state index contributed by atoms with van der Waals surface area (Å²) in [5.74, 6) is -0.234. The summed E-state index contributed by atoms with van der Waals surface area (Å²) in [7, 11) is 0. The van der Waals surface area contributed by atoms with Crippen LogP contribution in [0, 0.1) is 5.82 Å². The fraction of sp³-hybridized carbons (Fsp3) is 0.391. The predicted molar refractivity (Wildman–Crippen MR) is 114 cm³/mol. The number of nitrogens with one attached hydrogen (secondary N) is 1. The number of carbonyl (C=O) groups is 2. The minimum absolute atomic E-state index is 0.0384. The molecule has 5 nitrogen and oxygen atoms in total. The van der Waals surface area contributed by atoms with Crippen LogP contribution in [-0.2, 0) is 4.79 Å². The van der Waals surface area contributed by atoms with Gasteiger partial charge >= 0.3 is 0 Å². The molecule has 0 unspecified atom stereocenters. The van der Waals surface area contributed by atoms with Crippen LogP contribution in [0.4, 0.5) is 15.8 Å². The highest BCUT2D eigenvalue weighted by atomic mass is 19.1. The Kier molecular flexibility index (Phi) is 6.64. The van der Waals surface area contributed by atoms with E-state index >= 15 is 0 Å². The Morgan fingerprint density at radius 1 is 1.07 bits per heavy atom. The first-order chi connectivity index (χ1) is 13.8. The monoisotopic (exact) mass is 397 g/mol. The van der Waals surface area contributed by atoms with Gasteiger partial charge in [0.05, 0.1) is 12.2 Å². The van der Waals surface area contributed by atoms with Crippen LogP contribution in [-0.4, -0.2) is 49.3 Å². The molecule has 0 aliphatic carbocycles. The zero-order chi connectivity index (χ0) is 21.0. The van der Waals surface area contributed by atoms with Crippen LogP contribution in [0.15, 0.2) is 42.5 Å². The molecule has 1 fully saturated rings. The van der Waals surface area contributed by atoms with Gasteiger partial charge in [0.2, 0.25) is 5.91 Å². The van der Waals surface area contributed by atoms with Crippen molar-refractivity contribution in [1.82, 2.24) is 4.90 Å². The van der Waals surface area contributed by atoms with Gasteiger partial charge in [0.25, 0.3) is 0 Å². The first-order valence-corrected chi connectivity index (χ1v) is 10.0. The van der Waals surface area contributed by atoms with E-state index in [1.54, 1.807) is 12.1 Å². The molecule has 1 amide bonds. The van der Waals surface area contributed by atoms with Crippen molar-refractivity contribution in [1.29, 1.82) is 0 Å². The number of rotatable bonds is 6. The molecule has 29 heavy (non-hydrogen) atoms. The number of hydrogen-bond donors (Lipinski definition) is 1. The number of amides is 1. The van der Waals surface area contributed by atoms with Crippen LogP contribution in [0.3, 0.4) is 0 Å². The van der Waals surface area contributed by atoms with Crippen molar-refractivity contribution in [3.05, 3.63) is 59.4 Å². The topological polar surface area (TPSA) is 52.7 Å². The van der Waals surface area contributed by atoms with Gasteiger partial charge in [0, 0.05) is 37.4 Å². The number of ketones is 1. The van der Waals surface area contributed by atoms with E-state index in [0.717, 1.165) is 11.3 Å². The van der Waals surface area contributed by atoms with E-state index in [2.05, 4.69) is 24.1 Å². The number of halogens is 1. The fourth-order valence-electron chi connectivity index (χ4n) is 3.64. The normalized spacial score (nSPS) is 14.9. The maximum Gasteiger partial charge on any atom is 0.238 e. The van der Waals surface area contributed by atoms with Gasteiger partial charge < -0.3 is 10.2 Å². The number of hydrogen-bond acceptors (Lipinski definition) is 4. The van der Waals surface area contributed by atoms with Crippen molar-refractivity contribution in [3.8, 4) is 0 Å². The molecule has 1 N–H and O–H groups in total. The molecule has 2 aromatic rings. The summed E-state index contributed by atoms with van der Waals surface area (Å²) in [6.07, 6.45) is 0. The van der Waals surface area contributed by atoms with Crippen LogP contribution in [0.1, 0.15) is 42.6 Å². The van der Waals surface area contributed by atoms with Crippen molar-refractivity contribution in [3.63, 3.8) is 0 Å². The Labute approximate surface area is 171 Å². The lowest BCUT2D eigenvalue weighted by molar-refractivity contribution is -0.117. The van der Waals surface area contributed by atoms with Crippen molar-refractivity contribution in [2.45, 2.75) is 26.7 Å². The van der Waals surface area contributed by atoms with E-state index in [-0.39, 0.29) is 17.5 Å². The van der Waals surface area contributed by atoms with Gasteiger partial charge in [-0.3, -0.25) is 14.5 Å². The van der Waals surface area contributed by atoms with Crippen LogP contribution in [0.25, 0.3) is 0 Å². The third kappa shape index (κ3) is 5.21. The third-order valence-corrected chi connectivity index (χ3v) is 5.29. The standard InChI is InChI=1S/C23H28FN3O2/c1-16(2)19-6-4-5-7-21(19)25-23(29)15-26-10-12-27(13-11-26)22-9-8-18(17(3)28)14-20(22)24/h4-9,14,16H,10-13,15H2,1-3H3,(H,25,29). The van der Waals surface area contributed by atoms with E-state index in [9.17, 15) is 14.0 Å². The molecular formula is C23H28FN3O2. The molecule has 6 heteroatoms. The van der Waals surface area contributed by atoms with Crippen molar-refractivity contribution >= 4 is 23.1 Å². The molecule has 2 aromatic carbocycles. The summed E-state index contributed by atoms with van der Waals surface area (Å²) < 4.78 is 14.4. The average Bonchev–Trinajstić information content (AvgIpc) is 2.68. The molecule has 0 spiro atoms. The molecule has 0 saturated carbocycles. The van der Waals surface area contributed by atoms with E-state index < -0.39 is 0 Å². The molecule has 1 heterocycles. The Morgan fingerprint density at radius 2 is 1.76 bits per heavy atom. The smallest absolute Gasteiger partial charge is 0.238 e. The van der Waals surface area contributed by atoms with Gasteiger partial charge in [-0.2, -0.15) is 0 Å². The molecule has 1 aliphatic rings. The van der Waals surface area contributed by atoms with Gasteiger partial charge in [-0.1, -0.05) is 32.0 Å². The molecule has 0 aromatic heterocycles. The van der Waals surface area contributed by atoms with E-state index in [1.165, 1.54) is 13.0 Å². The lowest BCUT2D eigenvalue weighted by Gasteiger charge is -2.36. The van der Waals surface area contributed by atoms with Gasteiger partial charge in [0.15, 0.2) is 5.78 Å². The SMILES string of the molecule is CC(=O)c1ccc(N2CCN(CC(=O)Nc3ccccc3C(C)C)CC2)c(F)c1. The Bertz CT molecular complexity index is 889. The minimum Gasteiger partial charge on any atom is -0.367 e. The lowest BCUT2D eigenvalue weighted by Crippen LogP contribution is -2.49. The van der Waals surface area contributed by atoms with E-state index in [0.29, 0.717) is 49.9 Å². The van der Waals surface area contributed by atoms with Gasteiger partial charge in [-0.05, 0) is 42.7 Å². The summed E-state index contributed by atoms with van der Waals surface area (Å²) in [6.45, 7) is 8.56. The number of para-hydroxylation sites is 1. The number of Topliss-reactive ketones (excluding diaryl/α,β-unsaturated/α-hetero) is 1. The predicted octanol–water partition coefficient (Wildman–Crippen LogP) is 3.91. The van der Waals surface area contributed by atoms with Crippen LogP contribution < -0.4 is 10.2 Å². The zero-order valence-corrected chi connectivity index (χ0v) is 17.2. The summed E-state index contributed by atoms with van der Waals surface area (Å²) in [6, 6.07) is 12.5. The Balaban J connectivity index is 1.55. The van der Waals surface area contributed by atoms with Crippen LogP contribution >= 0.6 is 0 Å². The quantitative estimate of drug-likeness (QED) is 0.751. The highest BCUT2D eigenvalue weighted by Crippen LogP contribution is 2.24. The van der Waals surface area contributed by atoms with E-state index in [1.807, 2.05) is 29.2 Å². The number of carbonyl (C=O) groups excluding carboxylic acids is 2. The lowest BCUT2D eigenvalue weighted by atomic mass is 10.0. The summed E-state index contributed by atoms with van der Waals surface area (Å²) >= 11 is 0. The second-order valence-corrected chi connectivity index (χ2v) is 7.78. The first-order valence-electron chi connectivity index (χ1n) is 10.0. The highest BCUT2D eigenvalue weighted by Gasteiger charge is 2.22. The third-order valence-electron chi connectivity index (χ3n) is 5.29. The zero-order valence-electron chi connectivity index (χ0n) is 17.2. The maximum absolute atomic E-state index is 14.4. The molecule has 3 rings (SSSR count). The van der Waals surface area contributed by atoms with Gasteiger partial charge in [-0.25, -0.2) is 4.39 Å². The minimum atomic E-state index is -0.380. The summed E-state index contributed by atoms with van der Waals surface area (Å²) in [5.41, 5.74) is 2.86. The first kappa shape index (κ1) is 21.0. The van der Waals surface area contributed by atoms with Crippen molar-refractivity contribution in [2.24, 2.45) is 0 Å². The molecule has 154 valence electrons. The number of benzene rings is 2. The molecule has 1 aliphatic heterocycles. The Morgan fingerprint density at radius 3 is 2.38 bits per heavy atom. The second kappa shape index (κ2) is 9.18. The number of anilines is 2. The largest absolute Gasteiger partial charge is 0.367 e. The molecule has 1 saturated heterocycles. The van der Waals surface area contributed by atoms with Gasteiger partial charge in [0.1, 0.15) is 5.82 Å². The highest BCUT2D eigenvalue weighted by molar-refractivity contribution is 5.94. The van der Waals surface area contributed by atoms with E-state index in [4.69, 9.17) is 0 Å². The summed E-state index contributed by atoms with van der Waals surface area (Å²) in [4.78, 5) is 27.9. The molecule has 0 bridgehead atoms. The van der Waals surface area contributed by atoms with Crippen molar-refractivity contribution in [2.75, 3.05) is 42.9 Å². The maximum atomic E-state index is 14.4. The number of nitrogens with zero attached hydrogens (tertiary/aromatic N) is 2. The second-order valence-electron chi connectivity index (χ2n) is 7.78. The van der Waals surface area contributed by atoms with Crippen LogP contribution in [0.5, 0.6) is 0 Å². The number of piperazine rings is 1. The Hall–Kier alpha value is -2.73. The molecular weight excluding hydrogens is 369 g/mol.